The Hall–Kier alpha value is -2.00. The number of carboxylic acid groups (broad SMARTS) is 1. The molecule has 0 unspecified atom stereocenters. The molecule has 0 saturated carbocycles. The molecule has 2 atom stereocenters. The number of rotatable bonds is 9. The van der Waals surface area contributed by atoms with Gasteiger partial charge in [0, 0.05) is 17.1 Å². The number of carbonyl (C=O) groups is 3. The third kappa shape index (κ3) is 6.19. The van der Waals surface area contributed by atoms with Crippen LogP contribution in [0.2, 0.25) is 0 Å². The lowest BCUT2D eigenvalue weighted by atomic mass is 10.2. The number of aliphatic carboxylic acids is 1. The third-order valence-electron chi connectivity index (χ3n) is 2.67. The van der Waals surface area contributed by atoms with Crippen LogP contribution in [0.1, 0.15) is 12.0 Å². The van der Waals surface area contributed by atoms with E-state index in [1.807, 2.05) is 0 Å². The van der Waals surface area contributed by atoms with Gasteiger partial charge in [-0.1, -0.05) is 0 Å². The third-order valence-corrected chi connectivity index (χ3v) is 3.77. The van der Waals surface area contributed by atoms with E-state index < -0.39 is 36.4 Å². The Bertz CT molecular complexity index is 505. The lowest BCUT2D eigenvalue weighted by Gasteiger charge is -2.18. The minimum absolute atomic E-state index is 0.267. The highest BCUT2D eigenvalue weighted by molar-refractivity contribution is 7.98. The molecular weight excluding hydrogens is 312 g/mol. The zero-order chi connectivity index (χ0) is 16.5. The van der Waals surface area contributed by atoms with Crippen LogP contribution in [0.5, 0.6) is 0 Å². The summed E-state index contributed by atoms with van der Waals surface area (Å²) >= 11 is 1.40. The Morgan fingerprint density at radius 3 is 2.77 bits per heavy atom. The van der Waals surface area contributed by atoms with Crippen molar-refractivity contribution in [3.8, 4) is 0 Å². The van der Waals surface area contributed by atoms with Gasteiger partial charge in [0.15, 0.2) is 0 Å². The Balaban J connectivity index is 2.51. The van der Waals surface area contributed by atoms with E-state index in [1.54, 1.807) is 18.6 Å². The highest BCUT2D eigenvalue weighted by Gasteiger charge is 2.25. The maximum Gasteiger partial charge on any atom is 0.329 e. The molecule has 0 aliphatic rings. The van der Waals surface area contributed by atoms with Crippen molar-refractivity contribution in [2.24, 2.45) is 5.73 Å². The molecule has 9 heteroatoms. The molecule has 22 heavy (non-hydrogen) atoms. The first kappa shape index (κ1) is 18.1. The molecule has 1 amide bonds. The summed E-state index contributed by atoms with van der Waals surface area (Å²) < 4.78 is 9.55. The molecule has 122 valence electrons. The Labute approximate surface area is 131 Å². The summed E-state index contributed by atoms with van der Waals surface area (Å²) in [5.41, 5.74) is 6.40. The molecule has 1 heterocycles. The van der Waals surface area contributed by atoms with Crippen LogP contribution in [0.4, 0.5) is 0 Å². The van der Waals surface area contributed by atoms with Crippen LogP contribution in [0.15, 0.2) is 23.0 Å². The molecule has 4 N–H and O–H groups in total. The van der Waals surface area contributed by atoms with Crippen LogP contribution in [0, 0.1) is 0 Å². The fourth-order valence-electron chi connectivity index (χ4n) is 1.54. The average molecular weight is 330 g/mol. The summed E-state index contributed by atoms with van der Waals surface area (Å²) in [4.78, 5) is 34.0. The van der Waals surface area contributed by atoms with Gasteiger partial charge in [0.05, 0.1) is 32.1 Å². The summed E-state index contributed by atoms with van der Waals surface area (Å²) in [5, 5.41) is 11.0. The van der Waals surface area contributed by atoms with E-state index in [-0.39, 0.29) is 5.75 Å². The lowest BCUT2D eigenvalue weighted by Crippen LogP contribution is -2.50. The number of carbonyl (C=O) groups excluding carboxylic acids is 2. The predicted octanol–water partition coefficient (Wildman–Crippen LogP) is -0.0274. The molecule has 0 bridgehead atoms. The zero-order valence-electron chi connectivity index (χ0n) is 12.0. The number of carboxylic acids is 1. The number of thioether (sulfide) groups is 1. The van der Waals surface area contributed by atoms with E-state index in [2.05, 4.69) is 10.1 Å². The molecule has 0 radical (unpaired) electrons. The largest absolute Gasteiger partial charge is 0.481 e. The molecule has 1 aromatic rings. The van der Waals surface area contributed by atoms with Gasteiger partial charge < -0.3 is 25.3 Å². The predicted molar refractivity (Wildman–Crippen MR) is 79.0 cm³/mol. The monoisotopic (exact) mass is 330 g/mol. The molecule has 0 fully saturated rings. The average Bonchev–Trinajstić information content (AvgIpc) is 2.97. The number of nitrogens with two attached hydrogens (primary N) is 1. The summed E-state index contributed by atoms with van der Waals surface area (Å²) in [5.74, 6) is -1.64. The van der Waals surface area contributed by atoms with Crippen LogP contribution < -0.4 is 11.1 Å². The molecule has 1 rings (SSSR count). The van der Waals surface area contributed by atoms with Crippen LogP contribution in [-0.4, -0.2) is 47.9 Å². The van der Waals surface area contributed by atoms with E-state index >= 15 is 0 Å². The van der Waals surface area contributed by atoms with Crippen LogP contribution in [0.25, 0.3) is 0 Å². The standard InChI is InChI=1S/C13H18N2O6S/c1-20-13(19)10(7-22-6-8-2-3-21-5-8)15-12(18)9(14)4-11(16)17/h2-3,5,9-10H,4,6-7,14H2,1H3,(H,15,18)(H,16,17)/t9-,10-/m0/s1. The first-order chi connectivity index (χ1) is 10.4. The maximum atomic E-state index is 11.8. The fraction of sp³-hybridized carbons (Fsp3) is 0.462. The summed E-state index contributed by atoms with van der Waals surface area (Å²) in [6, 6.07) is -0.320. The van der Waals surface area contributed by atoms with Gasteiger partial charge in [-0.15, -0.1) is 0 Å². The number of esters is 1. The molecule has 0 aromatic carbocycles. The number of amides is 1. The van der Waals surface area contributed by atoms with E-state index in [9.17, 15) is 14.4 Å². The second-order valence-electron chi connectivity index (χ2n) is 4.44. The first-order valence-electron chi connectivity index (χ1n) is 6.38. The van der Waals surface area contributed by atoms with Crippen molar-refractivity contribution >= 4 is 29.6 Å². The second kappa shape index (κ2) is 9.11. The van der Waals surface area contributed by atoms with Gasteiger partial charge in [-0.25, -0.2) is 4.79 Å². The van der Waals surface area contributed by atoms with E-state index in [0.29, 0.717) is 5.75 Å². The van der Waals surface area contributed by atoms with E-state index in [1.165, 1.54) is 18.9 Å². The molecule has 8 nitrogen and oxygen atoms in total. The van der Waals surface area contributed by atoms with Crippen molar-refractivity contribution in [3.63, 3.8) is 0 Å². The van der Waals surface area contributed by atoms with E-state index in [0.717, 1.165) is 5.56 Å². The SMILES string of the molecule is COC(=O)[C@H](CSCc1ccoc1)NC(=O)[C@@H](N)CC(=O)O. The highest BCUT2D eigenvalue weighted by atomic mass is 32.2. The van der Waals surface area contributed by atoms with Gasteiger partial charge >= 0.3 is 11.9 Å². The number of furan rings is 1. The van der Waals surface area contributed by atoms with Gasteiger partial charge in [-0.2, -0.15) is 11.8 Å². The van der Waals surface area contributed by atoms with Gasteiger partial charge in [-0.05, 0) is 6.07 Å². The van der Waals surface area contributed by atoms with Gasteiger partial charge in [0.1, 0.15) is 6.04 Å². The number of hydrogen-bond donors (Lipinski definition) is 3. The minimum atomic E-state index is -1.22. The topological polar surface area (TPSA) is 132 Å². The number of nitrogens with one attached hydrogen (secondary N) is 1. The Kier molecular flexibility index (Phi) is 7.47. The number of ether oxygens (including phenoxy) is 1. The summed E-state index contributed by atoms with van der Waals surface area (Å²) in [6.45, 7) is 0. The quantitative estimate of drug-likeness (QED) is 0.538. The zero-order valence-corrected chi connectivity index (χ0v) is 12.8. The normalized spacial score (nSPS) is 13.2. The minimum Gasteiger partial charge on any atom is -0.481 e. The van der Waals surface area contributed by atoms with Crippen molar-refractivity contribution in [3.05, 3.63) is 24.2 Å². The van der Waals surface area contributed by atoms with Crippen molar-refractivity contribution in [2.75, 3.05) is 12.9 Å². The molecule has 0 saturated heterocycles. The van der Waals surface area contributed by atoms with Crippen molar-refractivity contribution in [2.45, 2.75) is 24.3 Å². The smallest absolute Gasteiger partial charge is 0.329 e. The molecule has 0 aliphatic carbocycles. The second-order valence-corrected chi connectivity index (χ2v) is 5.47. The van der Waals surface area contributed by atoms with Gasteiger partial charge in [-0.3, -0.25) is 9.59 Å². The number of hydrogen-bond acceptors (Lipinski definition) is 7. The van der Waals surface area contributed by atoms with Crippen LogP contribution in [-0.2, 0) is 24.9 Å². The molecule has 0 aliphatic heterocycles. The summed E-state index contributed by atoms with van der Waals surface area (Å²) in [7, 11) is 1.21. The van der Waals surface area contributed by atoms with Crippen molar-refractivity contribution in [1.82, 2.24) is 5.32 Å². The van der Waals surface area contributed by atoms with Crippen LogP contribution >= 0.6 is 11.8 Å². The van der Waals surface area contributed by atoms with Crippen LogP contribution in [0.3, 0.4) is 0 Å². The van der Waals surface area contributed by atoms with Gasteiger partial charge in [0.2, 0.25) is 5.91 Å². The van der Waals surface area contributed by atoms with E-state index in [4.69, 9.17) is 15.3 Å². The molecule has 1 aromatic heterocycles. The maximum absolute atomic E-state index is 11.8. The highest BCUT2D eigenvalue weighted by Crippen LogP contribution is 2.14. The lowest BCUT2D eigenvalue weighted by molar-refractivity contribution is -0.144. The first-order valence-corrected chi connectivity index (χ1v) is 7.54. The summed E-state index contributed by atoms with van der Waals surface area (Å²) in [6.07, 6.45) is 2.61. The van der Waals surface area contributed by atoms with Crippen molar-refractivity contribution in [1.29, 1.82) is 0 Å². The Morgan fingerprint density at radius 2 is 2.23 bits per heavy atom. The fourth-order valence-corrected chi connectivity index (χ4v) is 2.51. The molecular formula is C13H18N2O6S. The van der Waals surface area contributed by atoms with Crippen molar-refractivity contribution < 1.29 is 28.6 Å². The Morgan fingerprint density at radius 1 is 1.50 bits per heavy atom. The number of methoxy groups -OCH3 is 1. The van der Waals surface area contributed by atoms with Gasteiger partial charge in [0.25, 0.3) is 0 Å². The molecule has 0 spiro atoms.